The summed E-state index contributed by atoms with van der Waals surface area (Å²) in [6, 6.07) is 13.9. The van der Waals surface area contributed by atoms with Crippen LogP contribution < -0.4 is 15.5 Å². The summed E-state index contributed by atoms with van der Waals surface area (Å²) in [5.41, 5.74) is 1.73. The van der Waals surface area contributed by atoms with Gasteiger partial charge in [-0.2, -0.15) is 4.98 Å². The largest absolute Gasteiger partial charge is 0.384 e. The van der Waals surface area contributed by atoms with Gasteiger partial charge in [0.2, 0.25) is 5.95 Å². The number of nitrogens with zero attached hydrogens (tertiary/aromatic N) is 5. The van der Waals surface area contributed by atoms with E-state index in [0.717, 1.165) is 35.4 Å². The first-order valence-electron chi connectivity index (χ1n) is 10.6. The van der Waals surface area contributed by atoms with Crippen LogP contribution in [0.3, 0.4) is 0 Å². The molecule has 2 aromatic heterocycles. The summed E-state index contributed by atoms with van der Waals surface area (Å²) in [7, 11) is 2.16. The molecule has 0 aliphatic carbocycles. The van der Waals surface area contributed by atoms with Gasteiger partial charge in [0.1, 0.15) is 11.4 Å². The molecule has 0 unspecified atom stereocenters. The van der Waals surface area contributed by atoms with Gasteiger partial charge in [-0.15, -0.1) is 0 Å². The number of aliphatic hydroxyl groups is 1. The third-order valence-corrected chi connectivity index (χ3v) is 6.15. The first-order valence-corrected chi connectivity index (χ1v) is 11.7. The van der Waals surface area contributed by atoms with Crippen molar-refractivity contribution in [1.29, 1.82) is 0 Å². The fourth-order valence-electron chi connectivity index (χ4n) is 3.43. The number of halogens is 1. The normalized spacial score (nSPS) is 15.0. The van der Waals surface area contributed by atoms with Crippen molar-refractivity contribution >= 4 is 51.5 Å². The van der Waals surface area contributed by atoms with E-state index in [1.54, 1.807) is 26.1 Å². The van der Waals surface area contributed by atoms with Crippen molar-refractivity contribution < 1.29 is 5.11 Å². The summed E-state index contributed by atoms with van der Waals surface area (Å²) < 4.78 is 0.869. The molecular formula is C23H28IN7O. The van der Waals surface area contributed by atoms with Gasteiger partial charge in [0.05, 0.1) is 9.26 Å². The quantitative estimate of drug-likeness (QED) is 0.402. The number of anilines is 5. The summed E-state index contributed by atoms with van der Waals surface area (Å²) in [4.78, 5) is 18.3. The number of pyridine rings is 1. The van der Waals surface area contributed by atoms with Crippen LogP contribution in [0.15, 0.2) is 48.7 Å². The zero-order valence-corrected chi connectivity index (χ0v) is 20.7. The topological polar surface area (TPSA) is 89.4 Å². The number of nitrogens with one attached hydrogen (secondary N) is 2. The van der Waals surface area contributed by atoms with Crippen LogP contribution in [0, 0.1) is 3.57 Å². The van der Waals surface area contributed by atoms with Gasteiger partial charge in [-0.05, 0) is 79.9 Å². The average molecular weight is 545 g/mol. The Morgan fingerprint density at radius 1 is 0.969 bits per heavy atom. The Morgan fingerprint density at radius 3 is 2.38 bits per heavy atom. The van der Waals surface area contributed by atoms with Gasteiger partial charge in [0.25, 0.3) is 0 Å². The van der Waals surface area contributed by atoms with E-state index in [-0.39, 0.29) is 0 Å². The molecule has 0 atom stereocenters. The van der Waals surface area contributed by atoms with Crippen LogP contribution >= 0.6 is 22.6 Å². The Bertz CT molecular complexity index is 1060. The predicted molar refractivity (Wildman–Crippen MR) is 137 cm³/mol. The van der Waals surface area contributed by atoms with Gasteiger partial charge in [-0.1, -0.05) is 6.07 Å². The summed E-state index contributed by atoms with van der Waals surface area (Å²) in [5, 5.41) is 16.7. The zero-order valence-electron chi connectivity index (χ0n) is 18.5. The third-order valence-electron chi connectivity index (χ3n) is 5.36. The second-order valence-electron chi connectivity index (χ2n) is 8.44. The minimum atomic E-state index is -1.01. The van der Waals surface area contributed by atoms with E-state index in [2.05, 4.69) is 89.3 Å². The number of benzene rings is 1. The summed E-state index contributed by atoms with van der Waals surface area (Å²) >= 11 is 2.19. The van der Waals surface area contributed by atoms with Gasteiger partial charge < -0.3 is 25.5 Å². The average Bonchev–Trinajstić information content (AvgIpc) is 2.77. The van der Waals surface area contributed by atoms with Crippen LogP contribution in [-0.2, 0) is 5.60 Å². The fraction of sp³-hybridized carbons (Fsp3) is 0.348. The van der Waals surface area contributed by atoms with Crippen LogP contribution in [-0.4, -0.2) is 58.2 Å². The lowest BCUT2D eigenvalue weighted by atomic mass is 10.1. The molecule has 3 heterocycles. The van der Waals surface area contributed by atoms with Gasteiger partial charge in [0.15, 0.2) is 5.82 Å². The molecule has 1 fully saturated rings. The molecule has 1 saturated heterocycles. The lowest BCUT2D eigenvalue weighted by Gasteiger charge is -2.34. The molecular weight excluding hydrogens is 517 g/mol. The van der Waals surface area contributed by atoms with Crippen LogP contribution in [0.5, 0.6) is 0 Å². The highest BCUT2D eigenvalue weighted by molar-refractivity contribution is 14.1. The number of hydrogen-bond acceptors (Lipinski definition) is 8. The minimum absolute atomic E-state index is 0.499. The SMILES string of the molecule is CN1CCN(c2ccc(Nc3ncc(I)c(Nc4cccc(C(C)(C)O)n4)n3)cc2)CC1. The highest BCUT2D eigenvalue weighted by atomic mass is 127. The molecule has 0 bridgehead atoms. The van der Waals surface area contributed by atoms with Crippen molar-refractivity contribution in [3.8, 4) is 0 Å². The van der Waals surface area contributed by atoms with E-state index >= 15 is 0 Å². The van der Waals surface area contributed by atoms with E-state index in [9.17, 15) is 5.11 Å². The Kier molecular flexibility index (Phi) is 6.77. The lowest BCUT2D eigenvalue weighted by molar-refractivity contribution is 0.0740. The Labute approximate surface area is 202 Å². The molecule has 168 valence electrons. The van der Waals surface area contributed by atoms with E-state index in [1.165, 1.54) is 5.69 Å². The van der Waals surface area contributed by atoms with E-state index in [0.29, 0.717) is 23.3 Å². The van der Waals surface area contributed by atoms with Crippen molar-refractivity contribution in [3.05, 3.63) is 57.9 Å². The van der Waals surface area contributed by atoms with Gasteiger partial charge in [-0.3, -0.25) is 0 Å². The molecule has 32 heavy (non-hydrogen) atoms. The molecule has 1 aromatic carbocycles. The van der Waals surface area contributed by atoms with Crippen LogP contribution in [0.1, 0.15) is 19.5 Å². The standard InChI is InChI=1S/C23H28IN7O/c1-23(2,32)19-5-4-6-20(27-19)28-21-18(24)15-25-22(29-21)26-16-7-9-17(10-8-16)31-13-11-30(3)12-14-31/h4-10,15,32H,11-14H2,1-3H3,(H2,25,26,27,28,29). The van der Waals surface area contributed by atoms with Crippen LogP contribution in [0.2, 0.25) is 0 Å². The third kappa shape index (κ3) is 5.64. The summed E-state index contributed by atoms with van der Waals surface area (Å²) in [5.74, 6) is 1.76. The van der Waals surface area contributed by atoms with Crippen LogP contribution in [0.4, 0.5) is 29.0 Å². The molecule has 0 saturated carbocycles. The van der Waals surface area contributed by atoms with Gasteiger partial charge in [0, 0.05) is 43.8 Å². The summed E-state index contributed by atoms with van der Waals surface area (Å²) in [6.07, 6.45) is 1.76. The Balaban J connectivity index is 1.46. The number of rotatable bonds is 6. The molecule has 3 N–H and O–H groups in total. The molecule has 0 spiro atoms. The van der Waals surface area contributed by atoms with Crippen molar-refractivity contribution in [2.45, 2.75) is 19.4 Å². The molecule has 1 aliphatic rings. The highest BCUT2D eigenvalue weighted by Gasteiger charge is 2.18. The van der Waals surface area contributed by atoms with Gasteiger partial charge in [-0.25, -0.2) is 9.97 Å². The first-order chi connectivity index (χ1) is 15.3. The van der Waals surface area contributed by atoms with E-state index in [4.69, 9.17) is 0 Å². The smallest absolute Gasteiger partial charge is 0.229 e. The van der Waals surface area contributed by atoms with Crippen molar-refractivity contribution in [1.82, 2.24) is 19.9 Å². The fourth-order valence-corrected chi connectivity index (χ4v) is 3.83. The second-order valence-corrected chi connectivity index (χ2v) is 9.61. The molecule has 3 aromatic rings. The molecule has 4 rings (SSSR count). The molecule has 0 amide bonds. The monoisotopic (exact) mass is 545 g/mol. The zero-order chi connectivity index (χ0) is 22.7. The maximum atomic E-state index is 10.2. The van der Waals surface area contributed by atoms with Crippen molar-refractivity contribution in [2.75, 3.05) is 48.8 Å². The van der Waals surface area contributed by atoms with Crippen LogP contribution in [0.25, 0.3) is 0 Å². The lowest BCUT2D eigenvalue weighted by Crippen LogP contribution is -2.44. The molecule has 9 heteroatoms. The van der Waals surface area contributed by atoms with Crippen molar-refractivity contribution in [2.24, 2.45) is 0 Å². The summed E-state index contributed by atoms with van der Waals surface area (Å²) in [6.45, 7) is 7.68. The highest BCUT2D eigenvalue weighted by Crippen LogP contribution is 2.25. The molecule has 0 radical (unpaired) electrons. The van der Waals surface area contributed by atoms with Gasteiger partial charge >= 0.3 is 0 Å². The number of likely N-dealkylation sites (N-methyl/N-ethyl adjacent to an activating group) is 1. The second kappa shape index (κ2) is 9.55. The Hall–Kier alpha value is -2.50. The number of hydrogen-bond donors (Lipinski definition) is 3. The van der Waals surface area contributed by atoms with E-state index < -0.39 is 5.60 Å². The maximum Gasteiger partial charge on any atom is 0.229 e. The number of piperazine rings is 1. The maximum absolute atomic E-state index is 10.2. The van der Waals surface area contributed by atoms with Crippen molar-refractivity contribution in [3.63, 3.8) is 0 Å². The van der Waals surface area contributed by atoms with E-state index in [1.807, 2.05) is 12.1 Å². The number of aromatic nitrogens is 3. The molecule has 8 nitrogen and oxygen atoms in total. The minimum Gasteiger partial charge on any atom is -0.384 e. The predicted octanol–water partition coefficient (Wildman–Crippen LogP) is 3.94. The molecule has 1 aliphatic heterocycles. The Morgan fingerprint density at radius 2 is 1.69 bits per heavy atom. The first kappa shape index (κ1) is 22.7.